The first kappa shape index (κ1) is 8.91. The summed E-state index contributed by atoms with van der Waals surface area (Å²) in [6.07, 6.45) is 1.26. The van der Waals surface area contributed by atoms with Crippen LogP contribution in [0.15, 0.2) is 52.0 Å². The lowest BCUT2D eigenvalue weighted by molar-refractivity contribution is 0.591. The highest BCUT2D eigenvalue weighted by Crippen LogP contribution is 2.16. The highest BCUT2D eigenvalue weighted by atomic mass is 16.3. The lowest BCUT2D eigenvalue weighted by Gasteiger charge is -2.00. The molecule has 0 bridgehead atoms. The Bertz CT molecular complexity index is 683. The third-order valence-corrected chi connectivity index (χ3v) is 2.41. The molecule has 16 heavy (non-hydrogen) atoms. The first-order valence-electron chi connectivity index (χ1n) is 4.86. The summed E-state index contributed by atoms with van der Waals surface area (Å²) in [6, 6.07) is 11.1. The Hall–Kier alpha value is -2.36. The lowest BCUT2D eigenvalue weighted by Crippen LogP contribution is -2.02. The van der Waals surface area contributed by atoms with Crippen molar-refractivity contribution in [2.24, 2.45) is 0 Å². The van der Waals surface area contributed by atoms with Gasteiger partial charge in [-0.15, -0.1) is 0 Å². The van der Waals surface area contributed by atoms with Crippen LogP contribution in [0.1, 0.15) is 0 Å². The number of aromatic nitrogens is 2. The van der Waals surface area contributed by atoms with Crippen LogP contribution < -0.4 is 5.43 Å². The maximum atomic E-state index is 11.7. The normalized spacial score (nSPS) is 10.8. The van der Waals surface area contributed by atoms with Crippen LogP contribution in [-0.4, -0.2) is 9.97 Å². The second-order valence-corrected chi connectivity index (χ2v) is 3.44. The molecule has 2 aromatic heterocycles. The molecule has 0 atom stereocenters. The van der Waals surface area contributed by atoms with Crippen LogP contribution in [0.25, 0.3) is 22.5 Å². The van der Waals surface area contributed by atoms with Gasteiger partial charge in [-0.1, -0.05) is 30.3 Å². The number of pyridine rings is 1. The van der Waals surface area contributed by atoms with E-state index in [9.17, 15) is 4.79 Å². The van der Waals surface area contributed by atoms with Gasteiger partial charge in [0.1, 0.15) is 0 Å². The van der Waals surface area contributed by atoms with E-state index in [2.05, 4.69) is 9.97 Å². The fourth-order valence-electron chi connectivity index (χ4n) is 1.64. The predicted octanol–water partition coefficient (Wildman–Crippen LogP) is 2.18. The molecule has 0 aliphatic heterocycles. The third kappa shape index (κ3) is 1.32. The van der Waals surface area contributed by atoms with Gasteiger partial charge in [-0.05, 0) is 5.56 Å². The number of hydrogen-bond acceptors (Lipinski definition) is 3. The van der Waals surface area contributed by atoms with Crippen LogP contribution in [0.2, 0.25) is 0 Å². The SMILES string of the molecule is O=c1cc(-c2ccccc2)[nH]c2ocnc12. The molecule has 3 aromatic rings. The summed E-state index contributed by atoms with van der Waals surface area (Å²) >= 11 is 0. The average molecular weight is 212 g/mol. The zero-order valence-electron chi connectivity index (χ0n) is 8.31. The van der Waals surface area contributed by atoms with E-state index < -0.39 is 0 Å². The first-order valence-corrected chi connectivity index (χ1v) is 4.86. The summed E-state index contributed by atoms with van der Waals surface area (Å²) in [7, 11) is 0. The van der Waals surface area contributed by atoms with E-state index in [0.717, 1.165) is 11.3 Å². The molecule has 0 amide bonds. The quantitative estimate of drug-likeness (QED) is 0.672. The van der Waals surface area contributed by atoms with Crippen molar-refractivity contribution in [2.75, 3.05) is 0 Å². The number of nitrogens with one attached hydrogen (secondary N) is 1. The van der Waals surface area contributed by atoms with E-state index in [1.165, 1.54) is 12.5 Å². The van der Waals surface area contributed by atoms with Crippen molar-refractivity contribution in [1.29, 1.82) is 0 Å². The van der Waals surface area contributed by atoms with Gasteiger partial charge in [0, 0.05) is 6.07 Å². The van der Waals surface area contributed by atoms with E-state index in [0.29, 0.717) is 11.2 Å². The monoisotopic (exact) mass is 212 g/mol. The van der Waals surface area contributed by atoms with E-state index in [1.54, 1.807) is 0 Å². The molecule has 0 spiro atoms. The third-order valence-electron chi connectivity index (χ3n) is 2.41. The molecule has 4 heteroatoms. The fourth-order valence-corrected chi connectivity index (χ4v) is 1.64. The molecular formula is C12H8N2O2. The summed E-state index contributed by atoms with van der Waals surface area (Å²) in [6.45, 7) is 0. The molecule has 1 aromatic carbocycles. The molecule has 4 nitrogen and oxygen atoms in total. The Morgan fingerprint density at radius 1 is 1.19 bits per heavy atom. The van der Waals surface area contributed by atoms with Crippen molar-refractivity contribution >= 4 is 11.2 Å². The fraction of sp³-hybridized carbons (Fsp3) is 0. The Morgan fingerprint density at radius 2 is 2.00 bits per heavy atom. The molecule has 78 valence electrons. The van der Waals surface area contributed by atoms with Gasteiger partial charge in [0.05, 0.1) is 5.69 Å². The average Bonchev–Trinajstić information content (AvgIpc) is 2.79. The number of benzene rings is 1. The Kier molecular flexibility index (Phi) is 1.86. The molecule has 2 heterocycles. The van der Waals surface area contributed by atoms with Crippen molar-refractivity contribution < 1.29 is 4.42 Å². The summed E-state index contributed by atoms with van der Waals surface area (Å²) in [5.74, 6) is 0. The van der Waals surface area contributed by atoms with Gasteiger partial charge >= 0.3 is 0 Å². The van der Waals surface area contributed by atoms with Crippen LogP contribution >= 0.6 is 0 Å². The van der Waals surface area contributed by atoms with Crippen molar-refractivity contribution in [3.05, 3.63) is 53.0 Å². The van der Waals surface area contributed by atoms with Crippen molar-refractivity contribution in [1.82, 2.24) is 9.97 Å². The summed E-state index contributed by atoms with van der Waals surface area (Å²) in [4.78, 5) is 18.6. The van der Waals surface area contributed by atoms with E-state index in [4.69, 9.17) is 4.42 Å². The highest BCUT2D eigenvalue weighted by Gasteiger charge is 2.06. The molecule has 3 rings (SSSR count). The van der Waals surface area contributed by atoms with Crippen molar-refractivity contribution in [3.8, 4) is 11.3 Å². The van der Waals surface area contributed by atoms with E-state index in [1.807, 2.05) is 30.3 Å². The largest absolute Gasteiger partial charge is 0.427 e. The summed E-state index contributed by atoms with van der Waals surface area (Å²) in [5, 5.41) is 0. The molecule has 0 fully saturated rings. The maximum absolute atomic E-state index is 11.7. The van der Waals surface area contributed by atoms with Crippen LogP contribution in [-0.2, 0) is 0 Å². The minimum atomic E-state index is -0.138. The number of aromatic amines is 1. The second-order valence-electron chi connectivity index (χ2n) is 3.44. The standard InChI is InChI=1S/C12H8N2O2/c15-10-6-9(8-4-2-1-3-5-8)14-12-11(10)13-7-16-12/h1-7H,(H,14,15). The van der Waals surface area contributed by atoms with Gasteiger partial charge in [0.2, 0.25) is 11.1 Å². The van der Waals surface area contributed by atoms with Crippen LogP contribution in [0.3, 0.4) is 0 Å². The molecule has 0 aliphatic rings. The molecule has 0 radical (unpaired) electrons. The minimum absolute atomic E-state index is 0.138. The molecule has 0 saturated carbocycles. The first-order chi connectivity index (χ1) is 7.84. The van der Waals surface area contributed by atoms with Gasteiger partial charge in [-0.2, -0.15) is 0 Å². The van der Waals surface area contributed by atoms with Crippen molar-refractivity contribution in [3.63, 3.8) is 0 Å². The van der Waals surface area contributed by atoms with Crippen LogP contribution in [0, 0.1) is 0 Å². The summed E-state index contributed by atoms with van der Waals surface area (Å²) < 4.78 is 5.09. The topological polar surface area (TPSA) is 58.9 Å². The lowest BCUT2D eigenvalue weighted by atomic mass is 10.1. The van der Waals surface area contributed by atoms with Crippen LogP contribution in [0.4, 0.5) is 0 Å². The smallest absolute Gasteiger partial charge is 0.229 e. The number of H-pyrrole nitrogens is 1. The van der Waals surface area contributed by atoms with Crippen molar-refractivity contribution in [2.45, 2.75) is 0 Å². The maximum Gasteiger partial charge on any atom is 0.229 e. The van der Waals surface area contributed by atoms with Crippen LogP contribution in [0.5, 0.6) is 0 Å². The summed E-state index contributed by atoms with van der Waals surface area (Å²) in [5.41, 5.74) is 2.28. The second kappa shape index (κ2) is 3.34. The van der Waals surface area contributed by atoms with Gasteiger partial charge in [0.15, 0.2) is 11.9 Å². The molecule has 0 unspecified atom stereocenters. The zero-order chi connectivity index (χ0) is 11.0. The molecule has 1 N–H and O–H groups in total. The number of hydrogen-bond donors (Lipinski definition) is 1. The zero-order valence-corrected chi connectivity index (χ0v) is 8.31. The highest BCUT2D eigenvalue weighted by molar-refractivity contribution is 5.72. The number of rotatable bonds is 1. The van der Waals surface area contributed by atoms with Gasteiger partial charge in [0.25, 0.3) is 0 Å². The predicted molar refractivity (Wildman–Crippen MR) is 60.1 cm³/mol. The van der Waals surface area contributed by atoms with E-state index >= 15 is 0 Å². The minimum Gasteiger partial charge on any atom is -0.427 e. The molecule has 0 aliphatic carbocycles. The Balaban J connectivity index is 2.30. The number of fused-ring (bicyclic) bond motifs is 1. The van der Waals surface area contributed by atoms with Gasteiger partial charge in [-0.3, -0.25) is 4.79 Å². The molecule has 0 saturated heterocycles. The number of nitrogens with zero attached hydrogens (tertiary/aromatic N) is 1. The van der Waals surface area contributed by atoms with Gasteiger partial charge in [-0.25, -0.2) is 4.98 Å². The Labute approximate surface area is 90.6 Å². The Morgan fingerprint density at radius 3 is 2.81 bits per heavy atom. The van der Waals surface area contributed by atoms with E-state index in [-0.39, 0.29) is 5.43 Å². The van der Waals surface area contributed by atoms with Gasteiger partial charge < -0.3 is 9.40 Å². The number of oxazole rings is 1. The molecular weight excluding hydrogens is 204 g/mol.